The summed E-state index contributed by atoms with van der Waals surface area (Å²) in [5, 5.41) is 4.81. The Kier molecular flexibility index (Phi) is 4.95. The van der Waals surface area contributed by atoms with Gasteiger partial charge in [-0.3, -0.25) is 4.68 Å². The maximum Gasteiger partial charge on any atom is 0.228 e. The molecule has 0 amide bonds. The van der Waals surface area contributed by atoms with Crippen LogP contribution in [0.4, 0.5) is 10.3 Å². The number of hydrogen-bond donors (Lipinski definition) is 0. The maximum atomic E-state index is 14.8. The molecule has 1 aliphatic heterocycles. The molecule has 10 heteroatoms. The van der Waals surface area contributed by atoms with E-state index in [9.17, 15) is 4.39 Å². The molecule has 0 N–H and O–H groups in total. The van der Waals surface area contributed by atoms with Crippen LogP contribution in [0, 0.1) is 12.7 Å². The maximum absolute atomic E-state index is 14.8. The summed E-state index contributed by atoms with van der Waals surface area (Å²) in [6.07, 6.45) is 7.77. The molecule has 1 aliphatic carbocycles. The van der Waals surface area contributed by atoms with Crippen LogP contribution in [0.5, 0.6) is 0 Å². The smallest absolute Gasteiger partial charge is 0.228 e. The van der Waals surface area contributed by atoms with Gasteiger partial charge in [0.25, 0.3) is 0 Å². The van der Waals surface area contributed by atoms with E-state index in [1.54, 1.807) is 18.3 Å². The second kappa shape index (κ2) is 8.00. The molecule has 168 valence electrons. The normalized spacial score (nSPS) is 18.8. The number of halogens is 2. The Morgan fingerprint density at radius 1 is 1.15 bits per heavy atom. The van der Waals surface area contributed by atoms with Crippen molar-refractivity contribution in [2.24, 2.45) is 0 Å². The van der Waals surface area contributed by atoms with Crippen molar-refractivity contribution in [2.75, 3.05) is 24.6 Å². The van der Waals surface area contributed by atoms with Crippen molar-refractivity contribution in [3.8, 4) is 11.3 Å². The number of morpholine rings is 1. The van der Waals surface area contributed by atoms with Gasteiger partial charge in [0.15, 0.2) is 5.65 Å². The number of nitrogens with zero attached hydrogens (tertiary/aromatic N) is 7. The van der Waals surface area contributed by atoms with Crippen LogP contribution in [0.3, 0.4) is 0 Å². The van der Waals surface area contributed by atoms with Crippen LogP contribution in [0.2, 0.25) is 5.02 Å². The Hall–Kier alpha value is -3.17. The first-order valence-electron chi connectivity index (χ1n) is 10.9. The van der Waals surface area contributed by atoms with Gasteiger partial charge in [0, 0.05) is 35.1 Å². The Bertz CT molecular complexity index is 1360. The fourth-order valence-corrected chi connectivity index (χ4v) is 4.24. The molecular formula is C23H21ClFN7O. The second-order valence-electron chi connectivity index (χ2n) is 8.47. The van der Waals surface area contributed by atoms with Gasteiger partial charge >= 0.3 is 0 Å². The summed E-state index contributed by atoms with van der Waals surface area (Å²) in [6, 6.07) is 5.03. The SMILES string of the molecule is Cc1cnc2c(-c3ccc(Cl)cc3F)nc(N3CCO[C@@H](c4cnn(C5CC5)c4)C3)nc2n1. The zero-order valence-electron chi connectivity index (χ0n) is 17.9. The van der Waals surface area contributed by atoms with Crippen molar-refractivity contribution >= 4 is 28.7 Å². The Morgan fingerprint density at radius 3 is 2.85 bits per heavy atom. The largest absolute Gasteiger partial charge is 0.370 e. The predicted molar refractivity (Wildman–Crippen MR) is 122 cm³/mol. The standard InChI is InChI=1S/C23H21ClFN7O/c1-13-9-26-21-20(17-5-2-15(24)8-18(17)25)29-23(30-22(21)28-13)31-6-7-33-19(12-31)14-10-27-32(11-14)16-3-4-16/h2,5,8-11,16,19H,3-4,6-7,12H2,1H3/t19-/m1/s1. The van der Waals surface area contributed by atoms with Gasteiger partial charge in [0.2, 0.25) is 5.95 Å². The highest BCUT2D eigenvalue weighted by Gasteiger charge is 2.29. The van der Waals surface area contributed by atoms with Gasteiger partial charge in [-0.05, 0) is 38.0 Å². The molecule has 6 rings (SSSR count). The van der Waals surface area contributed by atoms with E-state index in [1.165, 1.54) is 18.9 Å². The molecule has 0 radical (unpaired) electrons. The first-order chi connectivity index (χ1) is 16.0. The molecule has 33 heavy (non-hydrogen) atoms. The van der Waals surface area contributed by atoms with Crippen molar-refractivity contribution in [3.05, 3.63) is 58.9 Å². The summed E-state index contributed by atoms with van der Waals surface area (Å²) in [6.45, 7) is 3.54. The van der Waals surface area contributed by atoms with E-state index in [4.69, 9.17) is 21.3 Å². The van der Waals surface area contributed by atoms with Crippen molar-refractivity contribution < 1.29 is 9.13 Å². The van der Waals surface area contributed by atoms with Gasteiger partial charge in [-0.1, -0.05) is 11.6 Å². The average Bonchev–Trinajstić information content (AvgIpc) is 3.54. The van der Waals surface area contributed by atoms with Gasteiger partial charge < -0.3 is 9.64 Å². The minimum atomic E-state index is -0.469. The Labute approximate surface area is 194 Å². The third-order valence-corrected chi connectivity index (χ3v) is 6.20. The van der Waals surface area contributed by atoms with E-state index < -0.39 is 5.82 Å². The number of aryl methyl sites for hydroxylation is 1. The average molecular weight is 466 g/mol. The molecule has 3 aromatic heterocycles. The summed E-state index contributed by atoms with van der Waals surface area (Å²) in [7, 11) is 0. The van der Waals surface area contributed by atoms with E-state index in [0.717, 1.165) is 11.3 Å². The number of aromatic nitrogens is 6. The third kappa shape index (κ3) is 3.91. The van der Waals surface area contributed by atoms with Crippen LogP contribution < -0.4 is 4.90 Å². The van der Waals surface area contributed by atoms with Crippen LogP contribution in [0.25, 0.3) is 22.4 Å². The summed E-state index contributed by atoms with van der Waals surface area (Å²) in [4.78, 5) is 20.5. The number of anilines is 1. The molecule has 1 saturated carbocycles. The molecule has 0 bridgehead atoms. The molecule has 0 spiro atoms. The minimum absolute atomic E-state index is 0.148. The fourth-order valence-electron chi connectivity index (χ4n) is 4.08. The predicted octanol–water partition coefficient (Wildman–Crippen LogP) is 4.30. The van der Waals surface area contributed by atoms with Gasteiger partial charge in [-0.25, -0.2) is 19.3 Å². The molecule has 1 aromatic carbocycles. The van der Waals surface area contributed by atoms with E-state index in [2.05, 4.69) is 26.2 Å². The molecule has 2 aliphatic rings. The lowest BCUT2D eigenvalue weighted by Gasteiger charge is -2.32. The van der Waals surface area contributed by atoms with E-state index in [-0.39, 0.29) is 6.10 Å². The van der Waals surface area contributed by atoms with Gasteiger partial charge in [0.1, 0.15) is 23.1 Å². The van der Waals surface area contributed by atoms with Crippen LogP contribution in [-0.2, 0) is 4.74 Å². The van der Waals surface area contributed by atoms with Crippen LogP contribution in [0.15, 0.2) is 36.8 Å². The van der Waals surface area contributed by atoms with Crippen molar-refractivity contribution in [2.45, 2.75) is 31.9 Å². The zero-order chi connectivity index (χ0) is 22.5. The van der Waals surface area contributed by atoms with Crippen molar-refractivity contribution in [1.82, 2.24) is 29.7 Å². The van der Waals surface area contributed by atoms with E-state index in [1.807, 2.05) is 22.7 Å². The lowest BCUT2D eigenvalue weighted by molar-refractivity contribution is 0.0392. The van der Waals surface area contributed by atoms with Gasteiger partial charge in [-0.2, -0.15) is 10.1 Å². The number of ether oxygens (including phenoxy) is 1. The van der Waals surface area contributed by atoms with Crippen LogP contribution in [-0.4, -0.2) is 49.4 Å². The molecular weight excluding hydrogens is 445 g/mol. The summed E-state index contributed by atoms with van der Waals surface area (Å²) in [5.41, 5.74) is 3.33. The minimum Gasteiger partial charge on any atom is -0.370 e. The number of hydrogen-bond acceptors (Lipinski definition) is 7. The topological polar surface area (TPSA) is 81.9 Å². The quantitative estimate of drug-likeness (QED) is 0.444. The highest BCUT2D eigenvalue weighted by Crippen LogP contribution is 2.36. The number of fused-ring (bicyclic) bond motifs is 1. The first-order valence-corrected chi connectivity index (χ1v) is 11.3. The van der Waals surface area contributed by atoms with Gasteiger partial charge in [-0.15, -0.1) is 0 Å². The molecule has 1 saturated heterocycles. The second-order valence-corrected chi connectivity index (χ2v) is 8.91. The molecule has 4 heterocycles. The lowest BCUT2D eigenvalue weighted by atomic mass is 10.1. The Balaban J connectivity index is 1.39. The van der Waals surface area contributed by atoms with Crippen LogP contribution >= 0.6 is 11.6 Å². The molecule has 8 nitrogen and oxygen atoms in total. The molecule has 2 fully saturated rings. The first kappa shape index (κ1) is 20.4. The summed E-state index contributed by atoms with van der Waals surface area (Å²) in [5.74, 6) is -0.00203. The number of rotatable bonds is 4. The molecule has 1 atom stereocenters. The third-order valence-electron chi connectivity index (χ3n) is 5.97. The highest BCUT2D eigenvalue weighted by molar-refractivity contribution is 6.30. The van der Waals surface area contributed by atoms with Crippen molar-refractivity contribution in [3.63, 3.8) is 0 Å². The lowest BCUT2D eigenvalue weighted by Crippen LogP contribution is -2.39. The number of benzene rings is 1. The fraction of sp³-hybridized carbons (Fsp3) is 0.348. The monoisotopic (exact) mass is 465 g/mol. The summed E-state index contributed by atoms with van der Waals surface area (Å²) >= 11 is 5.97. The van der Waals surface area contributed by atoms with E-state index >= 15 is 0 Å². The summed E-state index contributed by atoms with van der Waals surface area (Å²) < 4.78 is 22.9. The van der Waals surface area contributed by atoms with Crippen molar-refractivity contribution in [1.29, 1.82) is 0 Å². The van der Waals surface area contributed by atoms with Gasteiger partial charge in [0.05, 0.1) is 31.1 Å². The van der Waals surface area contributed by atoms with Crippen LogP contribution in [0.1, 0.15) is 36.2 Å². The Morgan fingerprint density at radius 2 is 2.03 bits per heavy atom. The molecule has 4 aromatic rings. The zero-order valence-corrected chi connectivity index (χ0v) is 18.7. The molecule has 0 unspecified atom stereocenters. The highest BCUT2D eigenvalue weighted by atomic mass is 35.5. The van der Waals surface area contributed by atoms with E-state index in [0.29, 0.717) is 59.1 Å².